The Hall–Kier alpha value is -2.99. The summed E-state index contributed by atoms with van der Waals surface area (Å²) in [7, 11) is 0. The zero-order chi connectivity index (χ0) is 18.8. The molecule has 0 aliphatic carbocycles. The van der Waals surface area contributed by atoms with E-state index in [1.54, 1.807) is 29.9 Å². The predicted octanol–water partition coefficient (Wildman–Crippen LogP) is 3.75. The van der Waals surface area contributed by atoms with Crippen molar-refractivity contribution in [2.45, 2.75) is 25.7 Å². The Labute approximate surface area is 161 Å². The van der Waals surface area contributed by atoms with Gasteiger partial charge < -0.3 is 14.8 Å². The van der Waals surface area contributed by atoms with Crippen LogP contribution in [0.25, 0.3) is 0 Å². The first kappa shape index (κ1) is 17.4. The van der Waals surface area contributed by atoms with Crippen LogP contribution in [0.3, 0.4) is 0 Å². The Kier molecular flexibility index (Phi) is 4.73. The fraction of sp³-hybridized carbons (Fsp3) is 0.200. The SMILES string of the molecule is CC1Oc2ccccc2OC1C(=O)Nc1ccnn1Cc1ccccc1Cl. The quantitative estimate of drug-likeness (QED) is 0.745. The minimum atomic E-state index is -0.761. The Bertz CT molecular complexity index is 972. The van der Waals surface area contributed by atoms with Crippen LogP contribution < -0.4 is 14.8 Å². The van der Waals surface area contributed by atoms with Crippen molar-refractivity contribution < 1.29 is 14.3 Å². The van der Waals surface area contributed by atoms with Gasteiger partial charge in [0.15, 0.2) is 11.5 Å². The summed E-state index contributed by atoms with van der Waals surface area (Å²) in [5.41, 5.74) is 0.915. The zero-order valence-corrected chi connectivity index (χ0v) is 15.4. The molecule has 2 aromatic carbocycles. The Morgan fingerprint density at radius 1 is 1.11 bits per heavy atom. The van der Waals surface area contributed by atoms with E-state index in [0.29, 0.717) is 28.9 Å². The smallest absolute Gasteiger partial charge is 0.270 e. The second-order valence-corrected chi connectivity index (χ2v) is 6.67. The van der Waals surface area contributed by atoms with E-state index in [4.69, 9.17) is 21.1 Å². The van der Waals surface area contributed by atoms with Gasteiger partial charge in [0.25, 0.3) is 5.91 Å². The first-order chi connectivity index (χ1) is 13.1. The van der Waals surface area contributed by atoms with Crippen molar-refractivity contribution >= 4 is 23.3 Å². The number of halogens is 1. The number of ether oxygens (including phenoxy) is 2. The van der Waals surface area contributed by atoms with Gasteiger partial charge in [0.1, 0.15) is 11.9 Å². The Morgan fingerprint density at radius 2 is 1.81 bits per heavy atom. The lowest BCUT2D eigenvalue weighted by molar-refractivity contribution is -0.128. The number of carbonyl (C=O) groups is 1. The molecule has 2 atom stereocenters. The van der Waals surface area contributed by atoms with Gasteiger partial charge in [0.05, 0.1) is 12.7 Å². The van der Waals surface area contributed by atoms with Gasteiger partial charge in [-0.3, -0.25) is 4.79 Å². The molecular weight excluding hydrogens is 366 g/mol. The fourth-order valence-electron chi connectivity index (χ4n) is 2.96. The number of aromatic nitrogens is 2. The van der Waals surface area contributed by atoms with Gasteiger partial charge in [0.2, 0.25) is 6.10 Å². The number of hydrogen-bond acceptors (Lipinski definition) is 4. The molecule has 7 heteroatoms. The van der Waals surface area contributed by atoms with Crippen LogP contribution in [0.1, 0.15) is 12.5 Å². The van der Waals surface area contributed by atoms with Crippen molar-refractivity contribution in [3.05, 3.63) is 71.4 Å². The van der Waals surface area contributed by atoms with Gasteiger partial charge in [-0.2, -0.15) is 5.10 Å². The highest BCUT2D eigenvalue weighted by molar-refractivity contribution is 6.31. The van der Waals surface area contributed by atoms with E-state index in [-0.39, 0.29) is 5.91 Å². The third kappa shape index (κ3) is 3.61. The Balaban J connectivity index is 1.50. The van der Waals surface area contributed by atoms with Crippen LogP contribution in [-0.4, -0.2) is 27.9 Å². The van der Waals surface area contributed by atoms with Crippen LogP contribution in [0.15, 0.2) is 60.8 Å². The van der Waals surface area contributed by atoms with Crippen LogP contribution in [-0.2, 0) is 11.3 Å². The topological polar surface area (TPSA) is 65.4 Å². The third-order valence-electron chi connectivity index (χ3n) is 4.35. The molecule has 138 valence electrons. The van der Waals surface area contributed by atoms with Crippen molar-refractivity contribution in [3.8, 4) is 11.5 Å². The van der Waals surface area contributed by atoms with Crippen molar-refractivity contribution in [2.24, 2.45) is 0 Å². The van der Waals surface area contributed by atoms with E-state index in [0.717, 1.165) is 5.56 Å². The van der Waals surface area contributed by atoms with E-state index in [9.17, 15) is 4.79 Å². The molecule has 0 saturated heterocycles. The molecule has 0 saturated carbocycles. The average molecular weight is 384 g/mol. The number of rotatable bonds is 4. The van der Waals surface area contributed by atoms with Crippen LogP contribution >= 0.6 is 11.6 Å². The molecule has 0 bridgehead atoms. The summed E-state index contributed by atoms with van der Waals surface area (Å²) in [5.74, 6) is 1.46. The molecule has 3 aromatic rings. The van der Waals surface area contributed by atoms with E-state index in [1.165, 1.54) is 0 Å². The van der Waals surface area contributed by atoms with Crippen LogP contribution in [0.4, 0.5) is 5.82 Å². The van der Waals surface area contributed by atoms with Crippen LogP contribution in [0, 0.1) is 0 Å². The first-order valence-electron chi connectivity index (χ1n) is 8.60. The van der Waals surface area contributed by atoms with E-state index in [1.807, 2.05) is 42.5 Å². The maximum Gasteiger partial charge on any atom is 0.270 e. The van der Waals surface area contributed by atoms with E-state index in [2.05, 4.69) is 10.4 Å². The third-order valence-corrected chi connectivity index (χ3v) is 4.72. The maximum atomic E-state index is 12.8. The summed E-state index contributed by atoms with van der Waals surface area (Å²) in [5, 5.41) is 7.80. The van der Waals surface area contributed by atoms with Crippen LogP contribution in [0.2, 0.25) is 5.02 Å². The lowest BCUT2D eigenvalue weighted by atomic mass is 10.1. The monoisotopic (exact) mass is 383 g/mol. The summed E-state index contributed by atoms with van der Waals surface area (Å²) in [6, 6.07) is 16.6. The van der Waals surface area contributed by atoms with Crippen molar-refractivity contribution in [1.29, 1.82) is 0 Å². The number of benzene rings is 2. The van der Waals surface area contributed by atoms with Gasteiger partial charge in [-0.25, -0.2) is 4.68 Å². The van der Waals surface area contributed by atoms with Gasteiger partial charge >= 0.3 is 0 Å². The summed E-state index contributed by atoms with van der Waals surface area (Å²) >= 11 is 6.22. The van der Waals surface area contributed by atoms with Crippen molar-refractivity contribution in [2.75, 3.05) is 5.32 Å². The Morgan fingerprint density at radius 3 is 2.59 bits per heavy atom. The summed E-state index contributed by atoms with van der Waals surface area (Å²) in [6.07, 6.45) is 0.451. The molecule has 6 nitrogen and oxygen atoms in total. The highest BCUT2D eigenvalue weighted by Gasteiger charge is 2.34. The normalized spacial score (nSPS) is 18.1. The number of nitrogens with zero attached hydrogens (tertiary/aromatic N) is 2. The largest absolute Gasteiger partial charge is 0.482 e. The number of nitrogens with one attached hydrogen (secondary N) is 1. The van der Waals surface area contributed by atoms with E-state index < -0.39 is 12.2 Å². The van der Waals surface area contributed by atoms with Crippen LogP contribution in [0.5, 0.6) is 11.5 Å². The zero-order valence-electron chi connectivity index (χ0n) is 14.6. The lowest BCUT2D eigenvalue weighted by Gasteiger charge is -2.31. The second kappa shape index (κ2) is 7.32. The second-order valence-electron chi connectivity index (χ2n) is 6.26. The van der Waals surface area contributed by atoms with E-state index >= 15 is 0 Å². The summed E-state index contributed by atoms with van der Waals surface area (Å²) < 4.78 is 13.3. The van der Waals surface area contributed by atoms with Gasteiger partial charge in [0, 0.05) is 11.1 Å². The molecular formula is C20H18ClN3O3. The maximum absolute atomic E-state index is 12.8. The lowest BCUT2D eigenvalue weighted by Crippen LogP contribution is -2.46. The van der Waals surface area contributed by atoms with Gasteiger partial charge in [-0.15, -0.1) is 0 Å². The number of fused-ring (bicyclic) bond motifs is 1. The molecule has 27 heavy (non-hydrogen) atoms. The number of anilines is 1. The number of para-hydroxylation sites is 2. The van der Waals surface area contributed by atoms with Gasteiger partial charge in [-0.1, -0.05) is 41.9 Å². The summed E-state index contributed by atoms with van der Waals surface area (Å²) in [4.78, 5) is 12.8. The molecule has 2 unspecified atom stereocenters. The number of hydrogen-bond donors (Lipinski definition) is 1. The van der Waals surface area contributed by atoms with Crippen molar-refractivity contribution in [3.63, 3.8) is 0 Å². The number of amides is 1. The molecule has 1 aromatic heterocycles. The standard InChI is InChI=1S/C20H18ClN3O3/c1-13-19(27-17-9-5-4-8-16(17)26-13)20(25)23-18-10-11-22-24(18)12-14-6-2-3-7-15(14)21/h2-11,13,19H,12H2,1H3,(H,23,25). The summed E-state index contributed by atoms with van der Waals surface area (Å²) in [6.45, 7) is 2.25. The first-order valence-corrected chi connectivity index (χ1v) is 8.98. The molecule has 1 N–H and O–H groups in total. The highest BCUT2D eigenvalue weighted by Crippen LogP contribution is 2.33. The minimum Gasteiger partial charge on any atom is -0.482 e. The molecule has 4 rings (SSSR count). The number of carbonyl (C=O) groups excluding carboxylic acids is 1. The van der Waals surface area contributed by atoms with Crippen molar-refractivity contribution in [1.82, 2.24) is 9.78 Å². The molecule has 0 fully saturated rings. The predicted molar refractivity (Wildman–Crippen MR) is 102 cm³/mol. The fourth-order valence-corrected chi connectivity index (χ4v) is 3.15. The molecule has 1 aliphatic rings. The van der Waals surface area contributed by atoms with Gasteiger partial charge in [-0.05, 0) is 30.7 Å². The molecule has 2 heterocycles. The molecule has 0 radical (unpaired) electrons. The average Bonchev–Trinajstić information content (AvgIpc) is 3.09. The molecule has 1 amide bonds. The molecule has 1 aliphatic heterocycles. The highest BCUT2D eigenvalue weighted by atomic mass is 35.5. The minimum absolute atomic E-state index is 0.294. The molecule has 0 spiro atoms.